The zero-order valence-electron chi connectivity index (χ0n) is 9.24. The number of carbonyl (C=O) groups is 2. The Hall–Kier alpha value is -1.31. The molecule has 0 bridgehead atoms. The van der Waals surface area contributed by atoms with Gasteiger partial charge in [-0.2, -0.15) is 0 Å². The van der Waals surface area contributed by atoms with Crippen LogP contribution in [0, 0.1) is 3.57 Å². The number of nitrogens with two attached hydrogens (primary N) is 1. The van der Waals surface area contributed by atoms with E-state index >= 15 is 0 Å². The smallest absolute Gasteiger partial charge is 0.251 e. The number of benzene rings is 1. The van der Waals surface area contributed by atoms with Crippen LogP contribution in [0.3, 0.4) is 0 Å². The maximum atomic E-state index is 11.7. The van der Waals surface area contributed by atoms with Gasteiger partial charge in [0.2, 0.25) is 5.91 Å². The molecule has 0 aliphatic carbocycles. The maximum Gasteiger partial charge on any atom is 0.251 e. The van der Waals surface area contributed by atoms with E-state index < -0.39 is 6.04 Å². The molecule has 2 amide bonds. The average molecular weight is 345 g/mol. The number of nitrogen functional groups attached to an aromatic ring is 1. The monoisotopic (exact) mass is 345 g/mol. The highest BCUT2D eigenvalue weighted by molar-refractivity contribution is 14.1. The third-order valence-corrected chi connectivity index (χ3v) is 3.60. The van der Waals surface area contributed by atoms with Crippen LogP contribution >= 0.6 is 22.6 Å². The largest absolute Gasteiger partial charge is 0.399 e. The number of halogens is 1. The van der Waals surface area contributed by atoms with Crippen LogP contribution in [-0.4, -0.2) is 29.8 Å². The Kier molecular flexibility index (Phi) is 3.23. The minimum atomic E-state index is -0.468. The number of hydrogen-bond acceptors (Lipinski definition) is 4. The lowest BCUT2D eigenvalue weighted by Gasteiger charge is -2.14. The first-order valence-corrected chi connectivity index (χ1v) is 6.19. The maximum absolute atomic E-state index is 11.7. The first kappa shape index (κ1) is 12.2. The SMILES string of the molecule is CN1C(=O)CC(Nc2ccc(N)cc2I)C1=O. The quantitative estimate of drug-likeness (QED) is 0.477. The molecule has 1 atom stereocenters. The lowest BCUT2D eigenvalue weighted by molar-refractivity contribution is -0.136. The standard InChI is InChI=1S/C11H12IN3O2/c1-15-10(16)5-9(11(15)17)14-8-3-2-6(13)4-7(8)12/h2-4,9,14H,5,13H2,1H3. The number of likely N-dealkylation sites (tertiary alicyclic amines) is 1. The van der Waals surface area contributed by atoms with Gasteiger partial charge in [0, 0.05) is 22.0 Å². The van der Waals surface area contributed by atoms with Crippen molar-refractivity contribution in [2.24, 2.45) is 0 Å². The molecular formula is C11H12IN3O2. The van der Waals surface area contributed by atoms with Gasteiger partial charge in [-0.25, -0.2) is 0 Å². The molecule has 1 aromatic carbocycles. The summed E-state index contributed by atoms with van der Waals surface area (Å²) >= 11 is 2.14. The molecule has 2 rings (SSSR count). The number of amides is 2. The molecule has 1 unspecified atom stereocenters. The lowest BCUT2D eigenvalue weighted by Crippen LogP contribution is -2.32. The van der Waals surface area contributed by atoms with Crippen molar-refractivity contribution in [3.8, 4) is 0 Å². The van der Waals surface area contributed by atoms with Gasteiger partial charge in [0.15, 0.2) is 0 Å². The minimum absolute atomic E-state index is 0.155. The summed E-state index contributed by atoms with van der Waals surface area (Å²) in [7, 11) is 1.50. The third-order valence-electron chi connectivity index (χ3n) is 2.70. The van der Waals surface area contributed by atoms with E-state index in [0.717, 1.165) is 14.2 Å². The number of nitrogens with one attached hydrogen (secondary N) is 1. The normalized spacial score (nSPS) is 19.9. The summed E-state index contributed by atoms with van der Waals surface area (Å²) in [5.41, 5.74) is 7.14. The number of carbonyl (C=O) groups excluding carboxylic acids is 2. The van der Waals surface area contributed by atoms with E-state index in [1.807, 2.05) is 12.1 Å². The molecule has 90 valence electrons. The Bertz CT molecular complexity index is 490. The van der Waals surface area contributed by atoms with E-state index in [1.54, 1.807) is 6.07 Å². The van der Waals surface area contributed by atoms with Crippen molar-refractivity contribution < 1.29 is 9.59 Å². The van der Waals surface area contributed by atoms with Gasteiger partial charge in [0.25, 0.3) is 5.91 Å². The molecule has 1 fully saturated rings. The van der Waals surface area contributed by atoms with Crippen molar-refractivity contribution in [2.45, 2.75) is 12.5 Å². The zero-order valence-corrected chi connectivity index (χ0v) is 11.4. The molecule has 1 heterocycles. The van der Waals surface area contributed by atoms with E-state index in [1.165, 1.54) is 7.05 Å². The first-order chi connectivity index (χ1) is 7.99. The van der Waals surface area contributed by atoms with E-state index in [9.17, 15) is 9.59 Å². The minimum Gasteiger partial charge on any atom is -0.399 e. The zero-order chi connectivity index (χ0) is 12.6. The highest BCUT2D eigenvalue weighted by atomic mass is 127. The lowest BCUT2D eigenvalue weighted by atomic mass is 10.2. The molecule has 6 heteroatoms. The molecule has 1 saturated heterocycles. The van der Waals surface area contributed by atoms with Gasteiger partial charge in [-0.3, -0.25) is 14.5 Å². The summed E-state index contributed by atoms with van der Waals surface area (Å²) in [5.74, 6) is -0.347. The molecule has 1 aliphatic rings. The Balaban J connectivity index is 2.17. The van der Waals surface area contributed by atoms with Gasteiger partial charge >= 0.3 is 0 Å². The van der Waals surface area contributed by atoms with Crippen molar-refractivity contribution in [1.29, 1.82) is 0 Å². The molecule has 0 spiro atoms. The third kappa shape index (κ3) is 2.36. The number of hydrogen-bond donors (Lipinski definition) is 2. The number of rotatable bonds is 2. The van der Waals surface area contributed by atoms with Crippen LogP contribution in [0.4, 0.5) is 11.4 Å². The molecule has 0 saturated carbocycles. The van der Waals surface area contributed by atoms with Crippen molar-refractivity contribution in [2.75, 3.05) is 18.1 Å². The Morgan fingerprint density at radius 3 is 2.71 bits per heavy atom. The van der Waals surface area contributed by atoms with Gasteiger partial charge in [-0.15, -0.1) is 0 Å². The summed E-state index contributed by atoms with van der Waals surface area (Å²) in [5, 5.41) is 3.07. The van der Waals surface area contributed by atoms with E-state index in [2.05, 4.69) is 27.9 Å². The molecule has 3 N–H and O–H groups in total. The van der Waals surface area contributed by atoms with Crippen molar-refractivity contribution in [1.82, 2.24) is 4.90 Å². The number of nitrogens with zero attached hydrogens (tertiary/aromatic N) is 1. The fourth-order valence-corrected chi connectivity index (χ4v) is 2.40. The Morgan fingerprint density at radius 1 is 1.47 bits per heavy atom. The van der Waals surface area contributed by atoms with Crippen LogP contribution in [-0.2, 0) is 9.59 Å². The molecule has 17 heavy (non-hydrogen) atoms. The molecule has 1 aromatic rings. The Morgan fingerprint density at radius 2 is 2.18 bits per heavy atom. The second kappa shape index (κ2) is 4.52. The van der Waals surface area contributed by atoms with E-state index in [-0.39, 0.29) is 18.2 Å². The van der Waals surface area contributed by atoms with Gasteiger partial charge < -0.3 is 11.1 Å². The topological polar surface area (TPSA) is 75.4 Å². The Labute approximate surface area is 112 Å². The van der Waals surface area contributed by atoms with Crippen LogP contribution in [0.15, 0.2) is 18.2 Å². The summed E-state index contributed by atoms with van der Waals surface area (Å²) in [6.45, 7) is 0. The van der Waals surface area contributed by atoms with E-state index in [4.69, 9.17) is 5.73 Å². The van der Waals surface area contributed by atoms with Gasteiger partial charge in [-0.1, -0.05) is 0 Å². The predicted octanol–water partition coefficient (Wildman–Crippen LogP) is 1.04. The van der Waals surface area contributed by atoms with Crippen LogP contribution < -0.4 is 11.1 Å². The van der Waals surface area contributed by atoms with Crippen LogP contribution in [0.5, 0.6) is 0 Å². The number of imide groups is 1. The van der Waals surface area contributed by atoms with Gasteiger partial charge in [0.05, 0.1) is 6.42 Å². The van der Waals surface area contributed by atoms with Gasteiger partial charge in [-0.05, 0) is 40.8 Å². The number of anilines is 2. The summed E-state index contributed by atoms with van der Waals surface area (Å²) < 4.78 is 0.928. The van der Waals surface area contributed by atoms with Crippen LogP contribution in [0.25, 0.3) is 0 Å². The van der Waals surface area contributed by atoms with E-state index in [0.29, 0.717) is 5.69 Å². The highest BCUT2D eigenvalue weighted by Crippen LogP contribution is 2.24. The second-order valence-electron chi connectivity index (χ2n) is 3.93. The summed E-state index contributed by atoms with van der Waals surface area (Å²) in [4.78, 5) is 24.2. The molecule has 0 aromatic heterocycles. The first-order valence-electron chi connectivity index (χ1n) is 5.11. The summed E-state index contributed by atoms with van der Waals surface area (Å²) in [6.07, 6.45) is 0.204. The molecule has 1 aliphatic heterocycles. The van der Waals surface area contributed by atoms with Crippen molar-refractivity contribution in [3.05, 3.63) is 21.8 Å². The van der Waals surface area contributed by atoms with Crippen molar-refractivity contribution in [3.63, 3.8) is 0 Å². The highest BCUT2D eigenvalue weighted by Gasteiger charge is 2.36. The summed E-state index contributed by atoms with van der Waals surface area (Å²) in [6, 6.07) is 4.92. The average Bonchev–Trinajstić information content (AvgIpc) is 2.50. The fraction of sp³-hybridized carbons (Fsp3) is 0.273. The molecular weight excluding hydrogens is 333 g/mol. The van der Waals surface area contributed by atoms with Crippen LogP contribution in [0.1, 0.15) is 6.42 Å². The molecule has 5 nitrogen and oxygen atoms in total. The predicted molar refractivity (Wildman–Crippen MR) is 73.4 cm³/mol. The fourth-order valence-electron chi connectivity index (χ4n) is 1.70. The molecule has 0 radical (unpaired) electrons. The number of likely N-dealkylation sites (N-methyl/N-ethyl adjacent to an activating group) is 1. The van der Waals surface area contributed by atoms with Crippen LogP contribution in [0.2, 0.25) is 0 Å². The van der Waals surface area contributed by atoms with Crippen molar-refractivity contribution >= 4 is 45.8 Å². The van der Waals surface area contributed by atoms with Gasteiger partial charge in [0.1, 0.15) is 6.04 Å². The second-order valence-corrected chi connectivity index (χ2v) is 5.09.